The van der Waals surface area contributed by atoms with Crippen LogP contribution in [0.2, 0.25) is 0 Å². The Labute approximate surface area is 143 Å². The smallest absolute Gasteiger partial charge is 0.242 e. The van der Waals surface area contributed by atoms with E-state index in [1.165, 1.54) is 16.7 Å². The molecule has 132 valence electrons. The average molecular weight is 352 g/mol. The van der Waals surface area contributed by atoms with E-state index < -0.39 is 9.84 Å². The third kappa shape index (κ3) is 3.95. The molecule has 6 nitrogen and oxygen atoms in total. The molecule has 7 heteroatoms. The first kappa shape index (κ1) is 18.4. The topological polar surface area (TPSA) is 74.8 Å². The van der Waals surface area contributed by atoms with Crippen molar-refractivity contribution in [1.82, 2.24) is 4.90 Å². The third-order valence-electron chi connectivity index (χ3n) is 4.69. The summed E-state index contributed by atoms with van der Waals surface area (Å²) in [6.45, 7) is 5.20. The zero-order valence-corrected chi connectivity index (χ0v) is 15.4. The van der Waals surface area contributed by atoms with Gasteiger partial charge in [0, 0.05) is 25.7 Å². The van der Waals surface area contributed by atoms with Gasteiger partial charge in [0.2, 0.25) is 11.8 Å². The number of sulfone groups is 1. The molecule has 24 heavy (non-hydrogen) atoms. The number of hydrogen-bond acceptors (Lipinski definition) is 4. The van der Waals surface area contributed by atoms with E-state index in [9.17, 15) is 18.0 Å². The fraction of sp³-hybridized carbons (Fsp3) is 0.529. The lowest BCUT2D eigenvalue weighted by atomic mass is 10.1. The number of anilines is 1. The quantitative estimate of drug-likeness (QED) is 0.819. The van der Waals surface area contributed by atoms with E-state index in [0.29, 0.717) is 12.1 Å². The highest BCUT2D eigenvalue weighted by Gasteiger charge is 2.33. The first-order chi connectivity index (χ1) is 11.1. The maximum Gasteiger partial charge on any atom is 0.242 e. The Balaban J connectivity index is 2.17. The largest absolute Gasteiger partial charge is 0.340 e. The Morgan fingerprint density at radius 2 is 1.92 bits per heavy atom. The van der Waals surface area contributed by atoms with Crippen LogP contribution in [-0.4, -0.2) is 56.3 Å². The van der Waals surface area contributed by atoms with Crippen LogP contribution < -0.4 is 4.90 Å². The summed E-state index contributed by atoms with van der Waals surface area (Å²) in [7, 11) is -1.45. The maximum atomic E-state index is 12.6. The zero-order chi connectivity index (χ0) is 18.1. The predicted molar refractivity (Wildman–Crippen MR) is 93.8 cm³/mol. The summed E-state index contributed by atoms with van der Waals surface area (Å²) in [6.07, 6.45) is 0.452. The second-order valence-corrected chi connectivity index (χ2v) is 8.61. The second kappa shape index (κ2) is 6.93. The van der Waals surface area contributed by atoms with E-state index in [4.69, 9.17) is 0 Å². The molecule has 1 aromatic rings. The van der Waals surface area contributed by atoms with Crippen LogP contribution in [0.15, 0.2) is 18.2 Å². The summed E-state index contributed by atoms with van der Waals surface area (Å²) < 4.78 is 23.2. The maximum absolute atomic E-state index is 12.6. The van der Waals surface area contributed by atoms with Gasteiger partial charge in [-0.25, -0.2) is 8.42 Å². The van der Waals surface area contributed by atoms with Crippen molar-refractivity contribution in [2.75, 3.05) is 30.0 Å². The molecule has 0 spiro atoms. The van der Waals surface area contributed by atoms with Crippen LogP contribution >= 0.6 is 0 Å². The van der Waals surface area contributed by atoms with Gasteiger partial charge in [0.15, 0.2) is 9.84 Å². The summed E-state index contributed by atoms with van der Waals surface area (Å²) in [4.78, 5) is 27.5. The van der Waals surface area contributed by atoms with Gasteiger partial charge in [-0.3, -0.25) is 9.59 Å². The number of aryl methyl sites for hydroxylation is 1. The highest BCUT2D eigenvalue weighted by molar-refractivity contribution is 7.91. The van der Waals surface area contributed by atoms with Crippen LogP contribution in [0.3, 0.4) is 0 Å². The number of amides is 2. The molecule has 0 aliphatic carbocycles. The standard InChI is InChI=1S/C17H24N2O4S/c1-12-6-5-7-16(13(12)2)19(14(3)20)10-17(21)18(4)15-8-9-24(22,23)11-15/h5-7,15H,8-11H2,1-4H3. The Morgan fingerprint density at radius 3 is 2.46 bits per heavy atom. The van der Waals surface area contributed by atoms with Crippen molar-refractivity contribution in [3.63, 3.8) is 0 Å². The summed E-state index contributed by atoms with van der Waals surface area (Å²) in [6, 6.07) is 5.31. The Bertz CT molecular complexity index is 758. The molecule has 1 aliphatic rings. The third-order valence-corrected chi connectivity index (χ3v) is 6.44. The molecule has 0 bridgehead atoms. The molecular weight excluding hydrogens is 328 g/mol. The van der Waals surface area contributed by atoms with Gasteiger partial charge in [-0.2, -0.15) is 0 Å². The summed E-state index contributed by atoms with van der Waals surface area (Å²) in [5, 5.41) is 0. The lowest BCUT2D eigenvalue weighted by molar-refractivity contribution is -0.131. The van der Waals surface area contributed by atoms with Crippen molar-refractivity contribution in [3.8, 4) is 0 Å². The number of hydrogen-bond donors (Lipinski definition) is 0. The van der Waals surface area contributed by atoms with Crippen LogP contribution in [-0.2, 0) is 19.4 Å². The minimum Gasteiger partial charge on any atom is -0.340 e. The molecule has 0 saturated carbocycles. The molecule has 0 radical (unpaired) electrons. The van der Waals surface area contributed by atoms with E-state index in [1.54, 1.807) is 7.05 Å². The monoisotopic (exact) mass is 352 g/mol. The SMILES string of the molecule is CC(=O)N(CC(=O)N(C)C1CCS(=O)(=O)C1)c1cccc(C)c1C. The molecule has 1 atom stereocenters. The predicted octanol–water partition coefficient (Wildman–Crippen LogP) is 1.30. The van der Waals surface area contributed by atoms with Crippen LogP contribution in [0.1, 0.15) is 24.5 Å². The number of likely N-dealkylation sites (N-methyl/N-ethyl adjacent to an activating group) is 1. The molecule has 1 unspecified atom stereocenters. The van der Waals surface area contributed by atoms with Crippen molar-refractivity contribution in [2.24, 2.45) is 0 Å². The summed E-state index contributed by atoms with van der Waals surface area (Å²) >= 11 is 0. The van der Waals surface area contributed by atoms with Gasteiger partial charge >= 0.3 is 0 Å². The lowest BCUT2D eigenvalue weighted by Gasteiger charge is -2.28. The van der Waals surface area contributed by atoms with Crippen molar-refractivity contribution >= 4 is 27.3 Å². The van der Waals surface area contributed by atoms with Gasteiger partial charge in [-0.15, -0.1) is 0 Å². The Morgan fingerprint density at radius 1 is 1.25 bits per heavy atom. The van der Waals surface area contributed by atoms with Gasteiger partial charge in [0.25, 0.3) is 0 Å². The highest BCUT2D eigenvalue weighted by atomic mass is 32.2. The highest BCUT2D eigenvalue weighted by Crippen LogP contribution is 2.23. The number of rotatable bonds is 4. The van der Waals surface area contributed by atoms with E-state index in [0.717, 1.165) is 11.1 Å². The van der Waals surface area contributed by atoms with E-state index >= 15 is 0 Å². The van der Waals surface area contributed by atoms with E-state index in [1.807, 2.05) is 32.0 Å². The van der Waals surface area contributed by atoms with Gasteiger partial charge in [-0.05, 0) is 37.5 Å². The van der Waals surface area contributed by atoms with Crippen LogP contribution in [0.4, 0.5) is 5.69 Å². The molecular formula is C17H24N2O4S. The van der Waals surface area contributed by atoms with Gasteiger partial charge in [-0.1, -0.05) is 12.1 Å². The molecule has 0 aromatic heterocycles. The molecule has 2 amide bonds. The van der Waals surface area contributed by atoms with E-state index in [-0.39, 0.29) is 35.9 Å². The molecule has 1 saturated heterocycles. The van der Waals surface area contributed by atoms with Crippen LogP contribution in [0.25, 0.3) is 0 Å². The fourth-order valence-corrected chi connectivity index (χ4v) is 4.70. The Hall–Kier alpha value is -1.89. The fourth-order valence-electron chi connectivity index (χ4n) is 2.93. The first-order valence-corrected chi connectivity index (χ1v) is 9.75. The van der Waals surface area contributed by atoms with Gasteiger partial charge in [0.1, 0.15) is 6.54 Å². The Kier molecular flexibility index (Phi) is 5.32. The molecule has 1 aliphatic heterocycles. The van der Waals surface area contributed by atoms with Crippen molar-refractivity contribution in [1.29, 1.82) is 0 Å². The second-order valence-electron chi connectivity index (χ2n) is 6.39. The molecule has 1 fully saturated rings. The summed E-state index contributed by atoms with van der Waals surface area (Å²) in [5.41, 5.74) is 2.70. The van der Waals surface area contributed by atoms with Gasteiger partial charge in [0.05, 0.1) is 11.5 Å². The first-order valence-electron chi connectivity index (χ1n) is 7.93. The number of nitrogens with zero attached hydrogens (tertiary/aromatic N) is 2. The van der Waals surface area contributed by atoms with E-state index in [2.05, 4.69) is 0 Å². The number of carbonyl (C=O) groups is 2. The minimum atomic E-state index is -3.06. The molecule has 1 heterocycles. The molecule has 2 rings (SSSR count). The van der Waals surface area contributed by atoms with Crippen LogP contribution in [0, 0.1) is 13.8 Å². The lowest BCUT2D eigenvalue weighted by Crippen LogP contribution is -2.45. The minimum absolute atomic E-state index is 0.00121. The van der Waals surface area contributed by atoms with Crippen molar-refractivity contribution < 1.29 is 18.0 Å². The average Bonchev–Trinajstić information content (AvgIpc) is 2.87. The molecule has 1 aromatic carbocycles. The van der Waals surface area contributed by atoms with Crippen LogP contribution in [0.5, 0.6) is 0 Å². The zero-order valence-electron chi connectivity index (χ0n) is 14.6. The number of benzene rings is 1. The van der Waals surface area contributed by atoms with Crippen molar-refractivity contribution in [3.05, 3.63) is 29.3 Å². The molecule has 0 N–H and O–H groups in total. The van der Waals surface area contributed by atoms with Crippen molar-refractivity contribution in [2.45, 2.75) is 33.2 Å². The number of carbonyl (C=O) groups excluding carboxylic acids is 2. The van der Waals surface area contributed by atoms with Gasteiger partial charge < -0.3 is 9.80 Å². The summed E-state index contributed by atoms with van der Waals surface area (Å²) in [5.74, 6) is -0.362. The normalized spacial score (nSPS) is 19.1.